The normalized spacial score (nSPS) is 10.4. The summed E-state index contributed by atoms with van der Waals surface area (Å²) in [5, 5.41) is 7.67. The molecule has 72 valence electrons. The number of methoxy groups -OCH3 is 1. The van der Waals surface area contributed by atoms with Crippen LogP contribution in [-0.4, -0.2) is 37.0 Å². The zero-order valence-corrected chi connectivity index (χ0v) is 8.55. The maximum Gasteiger partial charge on any atom is 0.0957 e. The maximum absolute atomic E-state index is 7.67. The van der Waals surface area contributed by atoms with Crippen molar-refractivity contribution in [3.8, 4) is 0 Å². The van der Waals surface area contributed by atoms with Gasteiger partial charge in [0.15, 0.2) is 0 Å². The van der Waals surface area contributed by atoms with Crippen LogP contribution in [0.2, 0.25) is 0 Å². The third-order valence-corrected chi connectivity index (χ3v) is 1.84. The van der Waals surface area contributed by atoms with Gasteiger partial charge in [0.25, 0.3) is 0 Å². The second-order valence-electron chi connectivity index (χ2n) is 3.08. The third-order valence-electron chi connectivity index (χ3n) is 1.84. The van der Waals surface area contributed by atoms with E-state index in [2.05, 4.69) is 18.7 Å². The highest BCUT2D eigenvalue weighted by Crippen LogP contribution is 2.01. The van der Waals surface area contributed by atoms with E-state index in [1.165, 1.54) is 0 Å². The molecule has 1 N–H and O–H groups in total. The highest BCUT2D eigenvalue weighted by molar-refractivity contribution is 5.79. The van der Waals surface area contributed by atoms with Crippen molar-refractivity contribution in [1.29, 1.82) is 5.41 Å². The summed E-state index contributed by atoms with van der Waals surface area (Å²) in [6.45, 7) is 7.71. The molecule has 0 saturated carbocycles. The van der Waals surface area contributed by atoms with Crippen LogP contribution in [0.1, 0.15) is 27.2 Å². The van der Waals surface area contributed by atoms with Crippen LogP contribution in [0, 0.1) is 5.41 Å². The standard InChI is InChI=1S/C9H20N2O/c1-5-9(10)11(8(2)3)6-7-12-4/h8,10H,5-7H2,1-4H3. The van der Waals surface area contributed by atoms with Gasteiger partial charge in [0.1, 0.15) is 0 Å². The molecule has 0 aromatic heterocycles. The molecule has 3 heteroatoms. The van der Waals surface area contributed by atoms with E-state index in [4.69, 9.17) is 10.1 Å². The summed E-state index contributed by atoms with van der Waals surface area (Å²) in [6.07, 6.45) is 0.794. The Balaban J connectivity index is 3.95. The summed E-state index contributed by atoms with van der Waals surface area (Å²) in [4.78, 5) is 2.06. The Labute approximate surface area is 75.2 Å². The summed E-state index contributed by atoms with van der Waals surface area (Å²) < 4.78 is 4.98. The van der Waals surface area contributed by atoms with Crippen LogP contribution in [0.15, 0.2) is 0 Å². The summed E-state index contributed by atoms with van der Waals surface area (Å²) >= 11 is 0. The first kappa shape index (κ1) is 11.4. The van der Waals surface area contributed by atoms with Crippen LogP contribution in [0.25, 0.3) is 0 Å². The smallest absolute Gasteiger partial charge is 0.0957 e. The highest BCUT2D eigenvalue weighted by atomic mass is 16.5. The Kier molecular flexibility index (Phi) is 5.72. The molecule has 0 atom stereocenters. The number of rotatable bonds is 5. The molecular weight excluding hydrogens is 152 g/mol. The first-order chi connectivity index (χ1) is 5.63. The van der Waals surface area contributed by atoms with Gasteiger partial charge in [-0.3, -0.25) is 5.41 Å². The lowest BCUT2D eigenvalue weighted by Gasteiger charge is -2.28. The van der Waals surface area contributed by atoms with E-state index < -0.39 is 0 Å². The minimum absolute atomic E-state index is 0.396. The quantitative estimate of drug-likeness (QED) is 0.506. The van der Waals surface area contributed by atoms with Gasteiger partial charge >= 0.3 is 0 Å². The van der Waals surface area contributed by atoms with Gasteiger partial charge in [-0.15, -0.1) is 0 Å². The molecule has 3 nitrogen and oxygen atoms in total. The summed E-state index contributed by atoms with van der Waals surface area (Å²) in [6, 6.07) is 0.396. The second-order valence-corrected chi connectivity index (χ2v) is 3.08. The van der Waals surface area contributed by atoms with Gasteiger partial charge in [-0.2, -0.15) is 0 Å². The van der Waals surface area contributed by atoms with Crippen molar-refractivity contribution in [3.63, 3.8) is 0 Å². The molecule has 0 aromatic rings. The predicted molar refractivity (Wildman–Crippen MR) is 51.7 cm³/mol. The fraction of sp³-hybridized carbons (Fsp3) is 0.889. The predicted octanol–water partition coefficient (Wildman–Crippen LogP) is 1.73. The van der Waals surface area contributed by atoms with Gasteiger partial charge < -0.3 is 9.64 Å². The highest BCUT2D eigenvalue weighted by Gasteiger charge is 2.10. The fourth-order valence-electron chi connectivity index (χ4n) is 1.10. The number of nitrogens with one attached hydrogen (secondary N) is 1. The third kappa shape index (κ3) is 3.72. The maximum atomic E-state index is 7.67. The van der Waals surface area contributed by atoms with E-state index >= 15 is 0 Å². The van der Waals surface area contributed by atoms with E-state index in [9.17, 15) is 0 Å². The molecule has 0 aliphatic carbocycles. The van der Waals surface area contributed by atoms with Gasteiger partial charge in [0.2, 0.25) is 0 Å². The van der Waals surface area contributed by atoms with Crippen LogP contribution in [0.3, 0.4) is 0 Å². The van der Waals surface area contributed by atoms with Crippen molar-refractivity contribution in [2.75, 3.05) is 20.3 Å². The van der Waals surface area contributed by atoms with Gasteiger partial charge in [-0.1, -0.05) is 6.92 Å². The lowest BCUT2D eigenvalue weighted by atomic mass is 10.3. The molecule has 0 fully saturated rings. The number of nitrogens with zero attached hydrogens (tertiary/aromatic N) is 1. The monoisotopic (exact) mass is 172 g/mol. The van der Waals surface area contributed by atoms with Crippen molar-refractivity contribution in [3.05, 3.63) is 0 Å². The Morgan fingerprint density at radius 3 is 2.42 bits per heavy atom. The molecule has 0 amide bonds. The van der Waals surface area contributed by atoms with E-state index in [1.807, 2.05) is 6.92 Å². The van der Waals surface area contributed by atoms with Crippen LogP contribution < -0.4 is 0 Å². The summed E-state index contributed by atoms with van der Waals surface area (Å²) in [5.41, 5.74) is 0. The van der Waals surface area contributed by atoms with Crippen LogP contribution >= 0.6 is 0 Å². The van der Waals surface area contributed by atoms with Crippen LogP contribution in [0.5, 0.6) is 0 Å². The minimum atomic E-state index is 0.396. The zero-order chi connectivity index (χ0) is 9.56. The molecular formula is C9H20N2O. The minimum Gasteiger partial charge on any atom is -0.383 e. The summed E-state index contributed by atoms with van der Waals surface area (Å²) in [7, 11) is 1.69. The van der Waals surface area contributed by atoms with Crippen molar-refractivity contribution < 1.29 is 4.74 Å². The SMILES string of the molecule is CCC(=N)N(CCOC)C(C)C. The lowest BCUT2D eigenvalue weighted by Crippen LogP contribution is -2.38. The second kappa shape index (κ2) is 6.00. The molecule has 0 unspecified atom stereocenters. The fourth-order valence-corrected chi connectivity index (χ4v) is 1.10. The first-order valence-corrected chi connectivity index (χ1v) is 4.46. The Hall–Kier alpha value is -0.570. The molecule has 12 heavy (non-hydrogen) atoms. The van der Waals surface area contributed by atoms with E-state index in [0.29, 0.717) is 18.5 Å². The number of hydrogen-bond donors (Lipinski definition) is 1. The first-order valence-electron chi connectivity index (χ1n) is 4.46. The number of ether oxygens (including phenoxy) is 1. The van der Waals surface area contributed by atoms with Gasteiger partial charge in [0, 0.05) is 26.1 Å². The average Bonchev–Trinajstić information content (AvgIpc) is 2.04. The van der Waals surface area contributed by atoms with Gasteiger partial charge in [-0.25, -0.2) is 0 Å². The number of hydrogen-bond acceptors (Lipinski definition) is 2. The Bertz CT molecular complexity index is 134. The molecule has 0 aliphatic heterocycles. The Morgan fingerprint density at radius 2 is 2.08 bits per heavy atom. The number of amidine groups is 1. The lowest BCUT2D eigenvalue weighted by molar-refractivity contribution is 0.165. The zero-order valence-electron chi connectivity index (χ0n) is 8.55. The van der Waals surface area contributed by atoms with E-state index in [0.717, 1.165) is 13.0 Å². The molecule has 0 radical (unpaired) electrons. The van der Waals surface area contributed by atoms with Crippen LogP contribution in [-0.2, 0) is 4.74 Å². The Morgan fingerprint density at radius 1 is 1.50 bits per heavy atom. The molecule has 0 bridgehead atoms. The van der Waals surface area contributed by atoms with Crippen molar-refractivity contribution >= 4 is 5.84 Å². The molecule has 0 rings (SSSR count). The molecule has 0 saturated heterocycles. The van der Waals surface area contributed by atoms with Crippen molar-refractivity contribution in [2.24, 2.45) is 0 Å². The van der Waals surface area contributed by atoms with E-state index in [1.54, 1.807) is 7.11 Å². The average molecular weight is 172 g/mol. The van der Waals surface area contributed by atoms with Crippen molar-refractivity contribution in [2.45, 2.75) is 33.2 Å². The van der Waals surface area contributed by atoms with E-state index in [-0.39, 0.29) is 0 Å². The topological polar surface area (TPSA) is 36.3 Å². The van der Waals surface area contributed by atoms with Gasteiger partial charge in [0.05, 0.1) is 12.4 Å². The molecule has 0 spiro atoms. The molecule has 0 heterocycles. The van der Waals surface area contributed by atoms with Crippen molar-refractivity contribution in [1.82, 2.24) is 4.90 Å². The molecule has 0 aliphatic rings. The largest absolute Gasteiger partial charge is 0.383 e. The van der Waals surface area contributed by atoms with Gasteiger partial charge in [-0.05, 0) is 13.8 Å². The summed E-state index contributed by atoms with van der Waals surface area (Å²) in [5.74, 6) is 0.696. The van der Waals surface area contributed by atoms with Crippen LogP contribution in [0.4, 0.5) is 0 Å². The molecule has 0 aromatic carbocycles.